The van der Waals surface area contributed by atoms with Gasteiger partial charge in [-0.15, -0.1) is 0 Å². The highest BCUT2D eigenvalue weighted by Gasteiger charge is 2.56. The van der Waals surface area contributed by atoms with Gasteiger partial charge in [0.05, 0.1) is 16.8 Å². The summed E-state index contributed by atoms with van der Waals surface area (Å²) < 4.78 is 5.48. The van der Waals surface area contributed by atoms with Crippen molar-refractivity contribution in [1.82, 2.24) is 5.32 Å². The fraction of sp³-hybridized carbons (Fsp3) is 0.500. The SMILES string of the molecule is O=C(NCC1CCCO1)C1(C(=O)Nc2ccccc2Cl)CC1. The number of benzene rings is 1. The maximum atomic E-state index is 12.4. The Hall–Kier alpha value is -1.59. The van der Waals surface area contributed by atoms with Gasteiger partial charge in [-0.3, -0.25) is 9.59 Å². The number of hydrogen-bond donors (Lipinski definition) is 2. The molecule has 0 radical (unpaired) electrons. The van der Waals surface area contributed by atoms with E-state index >= 15 is 0 Å². The minimum absolute atomic E-state index is 0.0754. The quantitative estimate of drug-likeness (QED) is 0.818. The molecule has 1 saturated carbocycles. The number of nitrogens with one attached hydrogen (secondary N) is 2. The summed E-state index contributed by atoms with van der Waals surface area (Å²) in [4.78, 5) is 24.8. The minimum Gasteiger partial charge on any atom is -0.376 e. The number of carbonyl (C=O) groups is 2. The topological polar surface area (TPSA) is 67.4 Å². The standard InChI is InChI=1S/C16H19ClN2O3/c17-12-5-1-2-6-13(12)19-15(21)16(7-8-16)14(20)18-10-11-4-3-9-22-11/h1-2,5-6,11H,3-4,7-10H2,(H,18,20)(H,19,21). The van der Waals surface area contributed by atoms with Crippen LogP contribution in [0.4, 0.5) is 5.69 Å². The Morgan fingerprint density at radius 3 is 2.68 bits per heavy atom. The maximum absolute atomic E-state index is 12.4. The molecule has 0 bridgehead atoms. The van der Waals surface area contributed by atoms with E-state index < -0.39 is 5.41 Å². The van der Waals surface area contributed by atoms with Crippen molar-refractivity contribution in [3.8, 4) is 0 Å². The normalized spacial score (nSPS) is 22.1. The van der Waals surface area contributed by atoms with Gasteiger partial charge in [0, 0.05) is 13.2 Å². The van der Waals surface area contributed by atoms with Crippen LogP contribution in [0.1, 0.15) is 25.7 Å². The molecule has 5 nitrogen and oxygen atoms in total. The zero-order chi connectivity index (χ0) is 15.6. The van der Waals surface area contributed by atoms with E-state index in [0.29, 0.717) is 30.1 Å². The van der Waals surface area contributed by atoms with Gasteiger partial charge >= 0.3 is 0 Å². The Kier molecular flexibility index (Phi) is 4.36. The van der Waals surface area contributed by atoms with E-state index in [-0.39, 0.29) is 17.9 Å². The highest BCUT2D eigenvalue weighted by atomic mass is 35.5. The second-order valence-electron chi connectivity index (χ2n) is 5.86. The van der Waals surface area contributed by atoms with Gasteiger partial charge in [-0.25, -0.2) is 0 Å². The van der Waals surface area contributed by atoms with Gasteiger partial charge in [0.15, 0.2) is 0 Å². The van der Waals surface area contributed by atoms with Crippen LogP contribution in [-0.2, 0) is 14.3 Å². The summed E-state index contributed by atoms with van der Waals surface area (Å²) in [5.74, 6) is -0.502. The molecule has 2 N–H and O–H groups in total. The number of rotatable bonds is 5. The van der Waals surface area contributed by atoms with Crippen LogP contribution in [0.2, 0.25) is 5.02 Å². The molecule has 0 aromatic heterocycles. The first-order chi connectivity index (χ1) is 10.6. The average molecular weight is 323 g/mol. The lowest BCUT2D eigenvalue weighted by Gasteiger charge is -2.17. The number of halogens is 1. The van der Waals surface area contributed by atoms with Crippen LogP contribution in [0, 0.1) is 5.41 Å². The highest BCUT2D eigenvalue weighted by Crippen LogP contribution is 2.47. The third-order valence-corrected chi connectivity index (χ3v) is 4.59. The third kappa shape index (κ3) is 3.10. The molecule has 3 rings (SSSR count). The van der Waals surface area contributed by atoms with Crippen LogP contribution < -0.4 is 10.6 Å². The van der Waals surface area contributed by atoms with Crippen molar-refractivity contribution in [2.24, 2.45) is 5.41 Å². The van der Waals surface area contributed by atoms with Crippen molar-refractivity contribution >= 4 is 29.1 Å². The maximum Gasteiger partial charge on any atom is 0.240 e. The molecule has 1 aromatic rings. The number of hydrogen-bond acceptors (Lipinski definition) is 3. The van der Waals surface area contributed by atoms with Crippen LogP contribution in [0.15, 0.2) is 24.3 Å². The molecular weight excluding hydrogens is 304 g/mol. The monoisotopic (exact) mass is 322 g/mol. The zero-order valence-corrected chi connectivity index (χ0v) is 13.0. The summed E-state index contributed by atoms with van der Waals surface area (Å²) >= 11 is 6.03. The largest absolute Gasteiger partial charge is 0.376 e. The molecule has 1 aliphatic carbocycles. The van der Waals surface area contributed by atoms with Crippen molar-refractivity contribution in [2.75, 3.05) is 18.5 Å². The molecule has 118 valence electrons. The Labute approximate surface area is 134 Å². The van der Waals surface area contributed by atoms with Gasteiger partial charge in [0.25, 0.3) is 0 Å². The average Bonchev–Trinajstić information content (AvgIpc) is 3.17. The Balaban J connectivity index is 1.58. The lowest BCUT2D eigenvalue weighted by molar-refractivity contribution is -0.134. The van der Waals surface area contributed by atoms with E-state index in [4.69, 9.17) is 16.3 Å². The molecular formula is C16H19ClN2O3. The summed E-state index contributed by atoms with van der Waals surface area (Å²) in [5.41, 5.74) is -0.412. The lowest BCUT2D eigenvalue weighted by atomic mass is 10.0. The van der Waals surface area contributed by atoms with E-state index in [1.807, 2.05) is 0 Å². The molecule has 2 aliphatic rings. The summed E-state index contributed by atoms with van der Waals surface area (Å²) in [5, 5.41) is 6.07. The number of carbonyl (C=O) groups excluding carboxylic acids is 2. The van der Waals surface area contributed by atoms with Crippen LogP contribution in [0.5, 0.6) is 0 Å². The number of ether oxygens (including phenoxy) is 1. The third-order valence-electron chi connectivity index (χ3n) is 4.26. The van der Waals surface area contributed by atoms with Gasteiger partial charge in [0.2, 0.25) is 11.8 Å². The summed E-state index contributed by atoms with van der Waals surface area (Å²) in [6.45, 7) is 1.22. The smallest absolute Gasteiger partial charge is 0.240 e. The second kappa shape index (κ2) is 6.26. The van der Waals surface area contributed by atoms with E-state index in [0.717, 1.165) is 19.4 Å². The predicted molar refractivity (Wildman–Crippen MR) is 83.7 cm³/mol. The van der Waals surface area contributed by atoms with Gasteiger partial charge in [-0.05, 0) is 37.8 Å². The van der Waals surface area contributed by atoms with Gasteiger partial charge in [0.1, 0.15) is 5.41 Å². The number of anilines is 1. The van der Waals surface area contributed by atoms with Gasteiger partial charge in [-0.1, -0.05) is 23.7 Å². The molecule has 1 aliphatic heterocycles. The molecule has 0 spiro atoms. The summed E-state index contributed by atoms with van der Waals surface area (Å²) in [7, 11) is 0. The van der Waals surface area contributed by atoms with E-state index in [9.17, 15) is 9.59 Å². The lowest BCUT2D eigenvalue weighted by Crippen LogP contribution is -2.42. The first-order valence-electron chi connectivity index (χ1n) is 7.58. The molecule has 6 heteroatoms. The fourth-order valence-electron chi connectivity index (χ4n) is 2.67. The molecule has 1 atom stereocenters. The predicted octanol–water partition coefficient (Wildman–Crippen LogP) is 2.35. The van der Waals surface area contributed by atoms with E-state index in [2.05, 4.69) is 10.6 Å². The number of para-hydroxylation sites is 1. The molecule has 1 heterocycles. The fourth-order valence-corrected chi connectivity index (χ4v) is 2.85. The van der Waals surface area contributed by atoms with Gasteiger partial charge in [-0.2, -0.15) is 0 Å². The van der Waals surface area contributed by atoms with Crippen molar-refractivity contribution in [3.05, 3.63) is 29.3 Å². The number of amides is 2. The van der Waals surface area contributed by atoms with Crippen LogP contribution >= 0.6 is 11.6 Å². The Morgan fingerprint density at radius 2 is 2.05 bits per heavy atom. The van der Waals surface area contributed by atoms with Crippen molar-refractivity contribution in [2.45, 2.75) is 31.8 Å². The molecule has 1 saturated heterocycles. The molecule has 2 amide bonds. The zero-order valence-electron chi connectivity index (χ0n) is 12.2. The van der Waals surface area contributed by atoms with Crippen molar-refractivity contribution < 1.29 is 14.3 Å². The van der Waals surface area contributed by atoms with Crippen molar-refractivity contribution in [3.63, 3.8) is 0 Å². The Bertz CT molecular complexity index is 581. The molecule has 1 aromatic carbocycles. The van der Waals surface area contributed by atoms with Crippen LogP contribution in [-0.4, -0.2) is 31.1 Å². The van der Waals surface area contributed by atoms with Crippen LogP contribution in [0.25, 0.3) is 0 Å². The van der Waals surface area contributed by atoms with E-state index in [1.165, 1.54) is 0 Å². The first kappa shape index (κ1) is 15.3. The van der Waals surface area contributed by atoms with E-state index in [1.54, 1.807) is 24.3 Å². The summed E-state index contributed by atoms with van der Waals surface area (Å²) in [6.07, 6.45) is 3.20. The van der Waals surface area contributed by atoms with Crippen molar-refractivity contribution in [1.29, 1.82) is 0 Å². The Morgan fingerprint density at radius 1 is 1.27 bits per heavy atom. The van der Waals surface area contributed by atoms with Gasteiger partial charge < -0.3 is 15.4 Å². The molecule has 22 heavy (non-hydrogen) atoms. The minimum atomic E-state index is -0.947. The highest BCUT2D eigenvalue weighted by molar-refractivity contribution is 6.34. The van der Waals surface area contributed by atoms with Crippen LogP contribution in [0.3, 0.4) is 0 Å². The summed E-state index contributed by atoms with van der Waals surface area (Å²) in [6, 6.07) is 7.01. The first-order valence-corrected chi connectivity index (χ1v) is 7.95. The molecule has 2 fully saturated rings. The second-order valence-corrected chi connectivity index (χ2v) is 6.27. The molecule has 1 unspecified atom stereocenters.